The third kappa shape index (κ3) is 6.12. The van der Waals surface area contributed by atoms with Crippen molar-refractivity contribution in [2.45, 2.75) is 54.4 Å². The standard InChI is InChI=1S/C23H33NO/c1-17-8-10-19(3)21(14-17)24-16-23(5,6)12-7-13-25-22-15-18(2)9-11-20(22)4/h8-11,14-15,24H,7,12-13,16H2,1-6H3. The summed E-state index contributed by atoms with van der Waals surface area (Å²) < 4.78 is 5.99. The van der Waals surface area contributed by atoms with Crippen LogP contribution >= 0.6 is 0 Å². The van der Waals surface area contributed by atoms with Crippen molar-refractivity contribution >= 4 is 5.69 Å². The minimum absolute atomic E-state index is 0.237. The van der Waals surface area contributed by atoms with E-state index in [1.54, 1.807) is 0 Å². The quantitative estimate of drug-likeness (QED) is 0.577. The first-order chi connectivity index (χ1) is 11.8. The Morgan fingerprint density at radius 3 is 2.24 bits per heavy atom. The second-order valence-corrected chi connectivity index (χ2v) is 8.06. The Morgan fingerprint density at radius 1 is 0.880 bits per heavy atom. The van der Waals surface area contributed by atoms with Crippen molar-refractivity contribution in [2.75, 3.05) is 18.5 Å². The summed E-state index contributed by atoms with van der Waals surface area (Å²) in [4.78, 5) is 0. The molecule has 136 valence electrons. The van der Waals surface area contributed by atoms with Crippen LogP contribution in [0.3, 0.4) is 0 Å². The van der Waals surface area contributed by atoms with Gasteiger partial charge in [-0.2, -0.15) is 0 Å². The monoisotopic (exact) mass is 339 g/mol. The summed E-state index contributed by atoms with van der Waals surface area (Å²) in [5, 5.41) is 3.63. The number of rotatable bonds is 8. The van der Waals surface area contributed by atoms with Crippen LogP contribution in [0.1, 0.15) is 48.9 Å². The Morgan fingerprint density at radius 2 is 1.52 bits per heavy atom. The van der Waals surface area contributed by atoms with Gasteiger partial charge in [-0.15, -0.1) is 0 Å². The summed E-state index contributed by atoms with van der Waals surface area (Å²) in [6.45, 7) is 14.9. The molecule has 0 aliphatic heterocycles. The van der Waals surface area contributed by atoms with Gasteiger partial charge in [0, 0.05) is 12.2 Å². The normalized spacial score (nSPS) is 11.4. The van der Waals surface area contributed by atoms with Gasteiger partial charge in [-0.1, -0.05) is 38.1 Å². The average molecular weight is 340 g/mol. The first-order valence-electron chi connectivity index (χ1n) is 9.28. The third-order valence-electron chi connectivity index (χ3n) is 4.75. The zero-order valence-electron chi connectivity index (χ0n) is 16.7. The molecule has 2 heteroatoms. The van der Waals surface area contributed by atoms with Crippen LogP contribution in [-0.4, -0.2) is 13.2 Å². The van der Waals surface area contributed by atoms with Gasteiger partial charge in [-0.3, -0.25) is 0 Å². The summed E-state index contributed by atoms with van der Waals surface area (Å²) in [7, 11) is 0. The zero-order chi connectivity index (χ0) is 18.4. The van der Waals surface area contributed by atoms with E-state index in [9.17, 15) is 0 Å². The van der Waals surface area contributed by atoms with Gasteiger partial charge in [0.15, 0.2) is 0 Å². The maximum absolute atomic E-state index is 5.99. The predicted octanol–water partition coefficient (Wildman–Crippen LogP) is 6.22. The molecule has 0 aromatic heterocycles. The Balaban J connectivity index is 1.79. The summed E-state index contributed by atoms with van der Waals surface area (Å²) in [6.07, 6.45) is 2.20. The Kier molecular flexibility index (Phi) is 6.52. The minimum Gasteiger partial charge on any atom is -0.493 e. The number of hydrogen-bond donors (Lipinski definition) is 1. The van der Waals surface area contributed by atoms with Crippen LogP contribution in [0.25, 0.3) is 0 Å². The molecule has 0 spiro atoms. The molecule has 0 aliphatic carbocycles. The molecular formula is C23H33NO. The van der Waals surface area contributed by atoms with Crippen LogP contribution in [0, 0.1) is 33.1 Å². The van der Waals surface area contributed by atoms with Crippen molar-refractivity contribution < 1.29 is 4.74 Å². The van der Waals surface area contributed by atoms with Gasteiger partial charge in [0.25, 0.3) is 0 Å². The van der Waals surface area contributed by atoms with E-state index in [4.69, 9.17) is 4.74 Å². The predicted molar refractivity (Wildman–Crippen MR) is 109 cm³/mol. The van der Waals surface area contributed by atoms with Crippen LogP contribution in [0.5, 0.6) is 5.75 Å². The minimum atomic E-state index is 0.237. The van der Waals surface area contributed by atoms with Crippen molar-refractivity contribution in [1.29, 1.82) is 0 Å². The molecule has 0 heterocycles. The van der Waals surface area contributed by atoms with Gasteiger partial charge in [-0.25, -0.2) is 0 Å². The van der Waals surface area contributed by atoms with Crippen LogP contribution in [0.2, 0.25) is 0 Å². The van der Waals surface area contributed by atoms with Gasteiger partial charge in [0.1, 0.15) is 5.75 Å². The molecular weight excluding hydrogens is 306 g/mol. The fraction of sp³-hybridized carbons (Fsp3) is 0.478. The van der Waals surface area contributed by atoms with Crippen LogP contribution in [0.4, 0.5) is 5.69 Å². The van der Waals surface area contributed by atoms with E-state index in [0.29, 0.717) is 0 Å². The molecule has 0 amide bonds. The van der Waals surface area contributed by atoms with E-state index >= 15 is 0 Å². The SMILES string of the molecule is Cc1ccc(C)c(NCC(C)(C)CCCOc2cc(C)ccc2C)c1. The highest BCUT2D eigenvalue weighted by Crippen LogP contribution is 2.26. The average Bonchev–Trinajstić information content (AvgIpc) is 2.55. The van der Waals surface area contributed by atoms with Gasteiger partial charge in [0.2, 0.25) is 0 Å². The molecule has 0 aliphatic rings. The third-order valence-corrected chi connectivity index (χ3v) is 4.75. The maximum Gasteiger partial charge on any atom is 0.122 e. The lowest BCUT2D eigenvalue weighted by Gasteiger charge is -2.26. The highest BCUT2D eigenvalue weighted by molar-refractivity contribution is 5.52. The summed E-state index contributed by atoms with van der Waals surface area (Å²) >= 11 is 0. The molecule has 2 aromatic carbocycles. The molecule has 0 fully saturated rings. The number of aryl methyl sites for hydroxylation is 4. The first-order valence-corrected chi connectivity index (χ1v) is 9.28. The fourth-order valence-corrected chi connectivity index (χ4v) is 2.94. The highest BCUT2D eigenvalue weighted by atomic mass is 16.5. The van der Waals surface area contributed by atoms with Gasteiger partial charge in [-0.05, 0) is 80.3 Å². The smallest absolute Gasteiger partial charge is 0.122 e. The molecule has 0 saturated heterocycles. The van der Waals surface area contributed by atoms with Crippen molar-refractivity contribution in [3.63, 3.8) is 0 Å². The second kappa shape index (κ2) is 8.42. The molecule has 0 atom stereocenters. The molecule has 2 rings (SSSR count). The lowest BCUT2D eigenvalue weighted by atomic mass is 9.87. The fourth-order valence-electron chi connectivity index (χ4n) is 2.94. The molecule has 2 nitrogen and oxygen atoms in total. The molecule has 25 heavy (non-hydrogen) atoms. The second-order valence-electron chi connectivity index (χ2n) is 8.06. The van der Waals surface area contributed by atoms with E-state index in [2.05, 4.69) is 83.3 Å². The Hall–Kier alpha value is -1.96. The van der Waals surface area contributed by atoms with E-state index in [-0.39, 0.29) is 5.41 Å². The van der Waals surface area contributed by atoms with Gasteiger partial charge in [0.05, 0.1) is 6.61 Å². The number of anilines is 1. The van der Waals surface area contributed by atoms with Crippen LogP contribution < -0.4 is 10.1 Å². The number of benzene rings is 2. The van der Waals surface area contributed by atoms with Crippen LogP contribution in [0.15, 0.2) is 36.4 Å². The molecule has 0 radical (unpaired) electrons. The van der Waals surface area contributed by atoms with Crippen molar-refractivity contribution in [2.24, 2.45) is 5.41 Å². The number of hydrogen-bond acceptors (Lipinski definition) is 2. The Labute approximate surface area is 153 Å². The summed E-state index contributed by atoms with van der Waals surface area (Å²) in [5.74, 6) is 1.02. The largest absolute Gasteiger partial charge is 0.493 e. The summed E-state index contributed by atoms with van der Waals surface area (Å²) in [5.41, 5.74) is 6.55. The van der Waals surface area contributed by atoms with Crippen LogP contribution in [-0.2, 0) is 0 Å². The van der Waals surface area contributed by atoms with Crippen molar-refractivity contribution in [3.05, 3.63) is 58.7 Å². The highest BCUT2D eigenvalue weighted by Gasteiger charge is 2.17. The number of ether oxygens (including phenoxy) is 1. The molecule has 1 N–H and O–H groups in total. The first kappa shape index (κ1) is 19.4. The Bertz CT molecular complexity index is 703. The van der Waals surface area contributed by atoms with Gasteiger partial charge < -0.3 is 10.1 Å². The van der Waals surface area contributed by atoms with Crippen molar-refractivity contribution in [1.82, 2.24) is 0 Å². The maximum atomic E-state index is 5.99. The molecule has 0 saturated carbocycles. The molecule has 0 bridgehead atoms. The number of nitrogens with one attached hydrogen (secondary N) is 1. The lowest BCUT2D eigenvalue weighted by Crippen LogP contribution is -2.24. The topological polar surface area (TPSA) is 21.3 Å². The summed E-state index contributed by atoms with van der Waals surface area (Å²) in [6, 6.07) is 13.0. The van der Waals surface area contributed by atoms with Gasteiger partial charge >= 0.3 is 0 Å². The van der Waals surface area contributed by atoms with E-state index in [1.807, 2.05) is 0 Å². The molecule has 2 aromatic rings. The zero-order valence-corrected chi connectivity index (χ0v) is 16.7. The van der Waals surface area contributed by atoms with Crippen molar-refractivity contribution in [3.8, 4) is 5.75 Å². The van der Waals surface area contributed by atoms with E-state index in [0.717, 1.165) is 31.7 Å². The van der Waals surface area contributed by atoms with E-state index in [1.165, 1.54) is 27.9 Å². The van der Waals surface area contributed by atoms with E-state index < -0.39 is 0 Å². The lowest BCUT2D eigenvalue weighted by molar-refractivity contribution is 0.263. The molecule has 0 unspecified atom stereocenters.